The Morgan fingerprint density at radius 1 is 1.35 bits per heavy atom. The molecule has 0 bridgehead atoms. The van der Waals surface area contributed by atoms with Crippen molar-refractivity contribution in [3.63, 3.8) is 0 Å². The number of fused-ring (bicyclic) bond motifs is 1. The molecule has 1 aromatic heterocycles. The third-order valence-corrected chi connectivity index (χ3v) is 3.98. The molecule has 1 heterocycles. The van der Waals surface area contributed by atoms with Gasteiger partial charge in [0.1, 0.15) is 0 Å². The van der Waals surface area contributed by atoms with Crippen LogP contribution in [-0.4, -0.2) is 34.2 Å². The van der Waals surface area contributed by atoms with Crippen LogP contribution in [0.5, 0.6) is 0 Å². The predicted octanol–water partition coefficient (Wildman–Crippen LogP) is 2.63. The second kappa shape index (κ2) is 5.94. The topological polar surface area (TPSA) is 47.3 Å². The Kier molecular flexibility index (Phi) is 4.45. The van der Waals surface area contributed by atoms with Gasteiger partial charge >= 0.3 is 0 Å². The van der Waals surface area contributed by atoms with Gasteiger partial charge in [-0.3, -0.25) is 4.68 Å². The van der Waals surface area contributed by atoms with Crippen molar-refractivity contribution in [1.29, 1.82) is 0 Å². The van der Waals surface area contributed by atoms with E-state index >= 15 is 0 Å². The van der Waals surface area contributed by atoms with Gasteiger partial charge in [0.15, 0.2) is 0 Å². The van der Waals surface area contributed by atoms with Crippen molar-refractivity contribution in [2.45, 2.75) is 39.3 Å². The van der Waals surface area contributed by atoms with Gasteiger partial charge in [0.05, 0.1) is 23.4 Å². The van der Waals surface area contributed by atoms with E-state index in [9.17, 15) is 5.11 Å². The molecule has 4 nitrogen and oxygen atoms in total. The number of benzene rings is 1. The van der Waals surface area contributed by atoms with E-state index in [1.165, 1.54) is 0 Å². The molecule has 2 rings (SSSR count). The molecule has 4 heteroatoms. The van der Waals surface area contributed by atoms with Crippen LogP contribution in [0.15, 0.2) is 24.3 Å². The maximum atomic E-state index is 10.8. The van der Waals surface area contributed by atoms with Crippen molar-refractivity contribution in [3.05, 3.63) is 30.0 Å². The van der Waals surface area contributed by atoms with Gasteiger partial charge in [0.25, 0.3) is 0 Å². The minimum Gasteiger partial charge on any atom is -0.387 e. The van der Waals surface area contributed by atoms with Gasteiger partial charge in [-0.15, -0.1) is 0 Å². The fourth-order valence-corrected chi connectivity index (χ4v) is 2.53. The standard InChI is InChI=1S/C16H24N2O2/c1-5-18-15-9-7-6-8-13(15)14(17-18)10-16(19,11-20-4)12(2)3/h6-9,12,19H,5,10-11H2,1-4H3. The fourth-order valence-electron chi connectivity index (χ4n) is 2.53. The first-order chi connectivity index (χ1) is 9.51. The maximum absolute atomic E-state index is 10.8. The Balaban J connectivity index is 2.42. The van der Waals surface area contributed by atoms with Crippen LogP contribution in [0.25, 0.3) is 10.9 Å². The number of hydrogen-bond acceptors (Lipinski definition) is 3. The lowest BCUT2D eigenvalue weighted by molar-refractivity contribution is -0.0641. The predicted molar refractivity (Wildman–Crippen MR) is 80.8 cm³/mol. The third kappa shape index (κ3) is 2.72. The number of aromatic nitrogens is 2. The number of methoxy groups -OCH3 is 1. The molecule has 1 aromatic carbocycles. The molecule has 1 unspecified atom stereocenters. The molecular formula is C16H24N2O2. The molecule has 0 spiro atoms. The van der Waals surface area contributed by atoms with Gasteiger partial charge in [-0.05, 0) is 18.9 Å². The highest BCUT2D eigenvalue weighted by Gasteiger charge is 2.33. The minimum atomic E-state index is -0.884. The van der Waals surface area contributed by atoms with E-state index in [2.05, 4.69) is 24.2 Å². The Morgan fingerprint density at radius 3 is 2.65 bits per heavy atom. The summed E-state index contributed by atoms with van der Waals surface area (Å²) in [5.41, 5.74) is 1.17. The molecule has 0 aliphatic rings. The van der Waals surface area contributed by atoms with Gasteiger partial charge in [-0.25, -0.2) is 0 Å². The lowest BCUT2D eigenvalue weighted by atomic mass is 9.86. The van der Waals surface area contributed by atoms with E-state index < -0.39 is 5.60 Å². The first-order valence-electron chi connectivity index (χ1n) is 7.17. The number of para-hydroxylation sites is 1. The zero-order valence-electron chi connectivity index (χ0n) is 12.8. The van der Waals surface area contributed by atoms with Crippen molar-refractivity contribution in [2.24, 2.45) is 5.92 Å². The van der Waals surface area contributed by atoms with Crippen LogP contribution < -0.4 is 0 Å². The van der Waals surface area contributed by atoms with E-state index in [1.807, 2.05) is 30.7 Å². The summed E-state index contributed by atoms with van der Waals surface area (Å²) in [6, 6.07) is 8.17. The van der Waals surface area contributed by atoms with Gasteiger partial charge in [0.2, 0.25) is 0 Å². The third-order valence-electron chi connectivity index (χ3n) is 3.98. The fraction of sp³-hybridized carbons (Fsp3) is 0.562. The summed E-state index contributed by atoms with van der Waals surface area (Å²) < 4.78 is 7.19. The molecule has 2 aromatic rings. The average Bonchev–Trinajstić information content (AvgIpc) is 2.77. The Hall–Kier alpha value is -1.39. The molecule has 0 fully saturated rings. The van der Waals surface area contributed by atoms with Crippen LogP contribution in [0.2, 0.25) is 0 Å². The van der Waals surface area contributed by atoms with E-state index in [-0.39, 0.29) is 5.92 Å². The summed E-state index contributed by atoms with van der Waals surface area (Å²) >= 11 is 0. The van der Waals surface area contributed by atoms with E-state index in [0.717, 1.165) is 23.1 Å². The van der Waals surface area contributed by atoms with E-state index in [4.69, 9.17) is 4.74 Å². The highest BCUT2D eigenvalue weighted by Crippen LogP contribution is 2.27. The summed E-state index contributed by atoms with van der Waals surface area (Å²) in [6.45, 7) is 7.24. The summed E-state index contributed by atoms with van der Waals surface area (Å²) in [6.07, 6.45) is 0.506. The van der Waals surface area contributed by atoms with Gasteiger partial charge in [0, 0.05) is 25.5 Å². The van der Waals surface area contributed by atoms with E-state index in [0.29, 0.717) is 13.0 Å². The summed E-state index contributed by atoms with van der Waals surface area (Å²) in [5, 5.41) is 16.6. The quantitative estimate of drug-likeness (QED) is 0.882. The molecule has 0 aliphatic heterocycles. The molecule has 0 radical (unpaired) electrons. The van der Waals surface area contributed by atoms with Crippen LogP contribution in [-0.2, 0) is 17.7 Å². The number of aliphatic hydroxyl groups is 1. The lowest BCUT2D eigenvalue weighted by Gasteiger charge is -2.30. The summed E-state index contributed by atoms with van der Waals surface area (Å²) in [7, 11) is 1.62. The Morgan fingerprint density at radius 2 is 2.05 bits per heavy atom. The molecule has 20 heavy (non-hydrogen) atoms. The zero-order valence-corrected chi connectivity index (χ0v) is 12.8. The normalized spacial score (nSPS) is 14.9. The highest BCUT2D eigenvalue weighted by atomic mass is 16.5. The molecule has 0 amide bonds. The van der Waals surface area contributed by atoms with Crippen molar-refractivity contribution < 1.29 is 9.84 Å². The molecular weight excluding hydrogens is 252 g/mol. The molecule has 1 atom stereocenters. The number of hydrogen-bond donors (Lipinski definition) is 1. The first-order valence-corrected chi connectivity index (χ1v) is 7.17. The van der Waals surface area contributed by atoms with Crippen LogP contribution in [0.3, 0.4) is 0 Å². The van der Waals surface area contributed by atoms with E-state index in [1.54, 1.807) is 7.11 Å². The Bertz CT molecular complexity index is 577. The number of aryl methyl sites for hydroxylation is 1. The monoisotopic (exact) mass is 276 g/mol. The largest absolute Gasteiger partial charge is 0.387 e. The van der Waals surface area contributed by atoms with Crippen LogP contribution in [0, 0.1) is 5.92 Å². The summed E-state index contributed by atoms with van der Waals surface area (Å²) in [4.78, 5) is 0. The van der Waals surface area contributed by atoms with Gasteiger partial charge < -0.3 is 9.84 Å². The average molecular weight is 276 g/mol. The second-order valence-electron chi connectivity index (χ2n) is 5.65. The van der Waals surface area contributed by atoms with Gasteiger partial charge in [-0.2, -0.15) is 5.10 Å². The highest BCUT2D eigenvalue weighted by molar-refractivity contribution is 5.82. The van der Waals surface area contributed by atoms with Crippen molar-refractivity contribution in [3.8, 4) is 0 Å². The number of ether oxygens (including phenoxy) is 1. The van der Waals surface area contributed by atoms with Crippen molar-refractivity contribution in [1.82, 2.24) is 9.78 Å². The maximum Gasteiger partial charge on any atom is 0.0958 e. The molecule has 110 valence electrons. The van der Waals surface area contributed by atoms with Crippen LogP contribution in [0.1, 0.15) is 26.5 Å². The molecule has 0 saturated carbocycles. The SMILES string of the molecule is CCn1nc(CC(O)(COC)C(C)C)c2ccccc21. The second-order valence-corrected chi connectivity index (χ2v) is 5.65. The molecule has 0 aliphatic carbocycles. The Labute approximate surface area is 120 Å². The van der Waals surface area contributed by atoms with Crippen LogP contribution in [0.4, 0.5) is 0 Å². The molecule has 0 saturated heterocycles. The zero-order chi connectivity index (χ0) is 14.8. The smallest absolute Gasteiger partial charge is 0.0958 e. The number of rotatable bonds is 6. The lowest BCUT2D eigenvalue weighted by Crippen LogP contribution is -2.42. The first kappa shape index (κ1) is 15.0. The number of nitrogens with zero attached hydrogens (tertiary/aromatic N) is 2. The van der Waals surface area contributed by atoms with Crippen LogP contribution >= 0.6 is 0 Å². The van der Waals surface area contributed by atoms with Crippen molar-refractivity contribution in [2.75, 3.05) is 13.7 Å². The summed E-state index contributed by atoms with van der Waals surface area (Å²) in [5.74, 6) is 0.105. The molecule has 1 N–H and O–H groups in total. The van der Waals surface area contributed by atoms with Gasteiger partial charge in [-0.1, -0.05) is 32.0 Å². The van der Waals surface area contributed by atoms with Crippen molar-refractivity contribution >= 4 is 10.9 Å². The minimum absolute atomic E-state index is 0.105.